The Bertz CT molecular complexity index is 1140. The second kappa shape index (κ2) is 6.86. The van der Waals surface area contributed by atoms with Crippen LogP contribution in [0.2, 0.25) is 0 Å². The maximum Gasteiger partial charge on any atom is 0.231 e. The Hall–Kier alpha value is -3.58. The molecule has 1 aliphatic heterocycles. The summed E-state index contributed by atoms with van der Waals surface area (Å²) in [6.07, 6.45) is 5.47. The Morgan fingerprint density at radius 2 is 1.82 bits per heavy atom. The number of anilines is 1. The molecule has 0 radical (unpaired) electrons. The first-order valence-electron chi connectivity index (χ1n) is 8.96. The quantitative estimate of drug-likeness (QED) is 0.558. The van der Waals surface area contributed by atoms with E-state index in [0.717, 1.165) is 39.5 Å². The van der Waals surface area contributed by atoms with Crippen LogP contribution in [0.3, 0.4) is 0 Å². The number of aromatic nitrogens is 3. The van der Waals surface area contributed by atoms with Crippen LogP contribution in [0.25, 0.3) is 16.9 Å². The Morgan fingerprint density at radius 3 is 2.68 bits per heavy atom. The highest BCUT2D eigenvalue weighted by atomic mass is 16.7. The van der Waals surface area contributed by atoms with Crippen molar-refractivity contribution in [3.05, 3.63) is 72.2 Å². The molecule has 2 aromatic carbocycles. The molecular formula is C21H18N4O3. The molecule has 140 valence electrons. The van der Waals surface area contributed by atoms with Crippen LogP contribution in [0.15, 0.2) is 61.1 Å². The highest BCUT2D eigenvalue weighted by Crippen LogP contribution is 2.32. The molecule has 5 rings (SSSR count). The number of hydrogen-bond acceptors (Lipinski definition) is 6. The van der Waals surface area contributed by atoms with Gasteiger partial charge in [0.1, 0.15) is 0 Å². The zero-order valence-electron chi connectivity index (χ0n) is 15.0. The average molecular weight is 374 g/mol. The van der Waals surface area contributed by atoms with E-state index >= 15 is 0 Å². The summed E-state index contributed by atoms with van der Waals surface area (Å²) >= 11 is 0. The van der Waals surface area contributed by atoms with Crippen molar-refractivity contribution in [2.45, 2.75) is 13.2 Å². The van der Waals surface area contributed by atoms with Crippen molar-refractivity contribution in [3.63, 3.8) is 0 Å². The summed E-state index contributed by atoms with van der Waals surface area (Å²) < 4.78 is 12.8. The highest BCUT2D eigenvalue weighted by molar-refractivity contribution is 5.70. The molecule has 1 aliphatic rings. The van der Waals surface area contributed by atoms with Gasteiger partial charge in [0.05, 0.1) is 18.5 Å². The van der Waals surface area contributed by atoms with Gasteiger partial charge < -0.3 is 19.9 Å². The van der Waals surface area contributed by atoms with E-state index in [2.05, 4.69) is 15.3 Å². The molecule has 4 aromatic rings. The van der Waals surface area contributed by atoms with Crippen molar-refractivity contribution in [1.82, 2.24) is 14.4 Å². The molecule has 0 fully saturated rings. The van der Waals surface area contributed by atoms with Crippen molar-refractivity contribution in [1.29, 1.82) is 0 Å². The lowest BCUT2D eigenvalue weighted by molar-refractivity contribution is 0.174. The zero-order valence-corrected chi connectivity index (χ0v) is 15.0. The van der Waals surface area contributed by atoms with Crippen LogP contribution in [-0.2, 0) is 13.2 Å². The number of aliphatic hydroxyl groups excluding tert-OH is 1. The van der Waals surface area contributed by atoms with Gasteiger partial charge >= 0.3 is 0 Å². The number of benzene rings is 2. The molecule has 28 heavy (non-hydrogen) atoms. The number of aliphatic hydroxyl groups is 1. The number of hydrogen-bond donors (Lipinski definition) is 2. The summed E-state index contributed by atoms with van der Waals surface area (Å²) in [4.78, 5) is 9.00. The maximum absolute atomic E-state index is 9.22. The van der Waals surface area contributed by atoms with Crippen LogP contribution in [0.5, 0.6) is 11.5 Å². The molecule has 0 bridgehead atoms. The molecule has 0 aliphatic carbocycles. The summed E-state index contributed by atoms with van der Waals surface area (Å²) in [6.45, 7) is 0.894. The van der Waals surface area contributed by atoms with Crippen LogP contribution >= 0.6 is 0 Å². The number of imidazole rings is 1. The van der Waals surface area contributed by atoms with Gasteiger partial charge in [0.15, 0.2) is 23.0 Å². The zero-order chi connectivity index (χ0) is 18.9. The fourth-order valence-electron chi connectivity index (χ4n) is 3.28. The van der Waals surface area contributed by atoms with E-state index in [1.807, 2.05) is 59.3 Å². The first-order valence-corrected chi connectivity index (χ1v) is 8.96. The molecule has 0 saturated carbocycles. The molecule has 0 spiro atoms. The third kappa shape index (κ3) is 2.91. The van der Waals surface area contributed by atoms with Gasteiger partial charge in [-0.15, -0.1) is 0 Å². The molecule has 0 unspecified atom stereocenters. The molecule has 0 amide bonds. The Labute approximate surface area is 161 Å². The summed E-state index contributed by atoms with van der Waals surface area (Å²) in [6, 6.07) is 13.7. The first-order chi connectivity index (χ1) is 13.8. The number of rotatable bonds is 5. The van der Waals surface area contributed by atoms with Crippen molar-refractivity contribution < 1.29 is 14.6 Å². The van der Waals surface area contributed by atoms with Crippen molar-refractivity contribution in [2.24, 2.45) is 0 Å². The normalized spacial score (nSPS) is 12.5. The second-order valence-corrected chi connectivity index (χ2v) is 6.51. The van der Waals surface area contributed by atoms with Gasteiger partial charge in [0, 0.05) is 24.5 Å². The minimum Gasteiger partial charge on any atom is -0.454 e. The maximum atomic E-state index is 9.22. The molecule has 2 N–H and O–H groups in total. The first kappa shape index (κ1) is 16.6. The van der Waals surface area contributed by atoms with Crippen LogP contribution in [0, 0.1) is 0 Å². The number of ether oxygens (including phenoxy) is 2. The predicted molar refractivity (Wildman–Crippen MR) is 104 cm³/mol. The molecule has 3 heterocycles. The van der Waals surface area contributed by atoms with Crippen LogP contribution in [0.4, 0.5) is 5.82 Å². The molecular weight excluding hydrogens is 356 g/mol. The van der Waals surface area contributed by atoms with Gasteiger partial charge in [0.25, 0.3) is 0 Å². The second-order valence-electron chi connectivity index (χ2n) is 6.51. The molecule has 0 atom stereocenters. The van der Waals surface area contributed by atoms with Crippen molar-refractivity contribution in [2.75, 3.05) is 12.1 Å². The fourth-order valence-corrected chi connectivity index (χ4v) is 3.28. The predicted octanol–water partition coefficient (Wildman–Crippen LogP) is 3.23. The largest absolute Gasteiger partial charge is 0.454 e. The smallest absolute Gasteiger partial charge is 0.231 e. The van der Waals surface area contributed by atoms with E-state index in [4.69, 9.17) is 9.47 Å². The molecule has 7 nitrogen and oxygen atoms in total. The average Bonchev–Trinajstić information content (AvgIpc) is 3.39. The van der Waals surface area contributed by atoms with Gasteiger partial charge in [-0.3, -0.25) is 4.40 Å². The number of nitrogens with zero attached hydrogens (tertiary/aromatic N) is 3. The molecule has 2 aromatic heterocycles. The van der Waals surface area contributed by atoms with E-state index in [0.29, 0.717) is 12.4 Å². The van der Waals surface area contributed by atoms with Crippen LogP contribution in [0.1, 0.15) is 11.1 Å². The topological polar surface area (TPSA) is 80.9 Å². The van der Waals surface area contributed by atoms with Crippen molar-refractivity contribution in [3.8, 4) is 22.8 Å². The minimum absolute atomic E-state index is 0.0330. The van der Waals surface area contributed by atoms with Crippen molar-refractivity contribution >= 4 is 11.5 Å². The van der Waals surface area contributed by atoms with E-state index < -0.39 is 0 Å². The lowest BCUT2D eigenvalue weighted by Crippen LogP contribution is -2.04. The minimum atomic E-state index is 0.0330. The molecule has 0 saturated heterocycles. The fraction of sp³-hybridized carbons (Fsp3) is 0.143. The van der Waals surface area contributed by atoms with E-state index in [-0.39, 0.29) is 13.4 Å². The highest BCUT2D eigenvalue weighted by Gasteiger charge is 2.14. The summed E-state index contributed by atoms with van der Waals surface area (Å²) in [5.74, 6) is 2.24. The molecule has 7 heteroatoms. The van der Waals surface area contributed by atoms with Gasteiger partial charge in [-0.2, -0.15) is 0 Å². The Kier molecular flexibility index (Phi) is 4.06. The van der Waals surface area contributed by atoms with Crippen LogP contribution in [-0.4, -0.2) is 26.3 Å². The van der Waals surface area contributed by atoms with E-state index in [1.165, 1.54) is 0 Å². The standard InChI is InChI=1S/C21H18N4O3/c26-12-14-1-4-16(5-2-14)17-11-24-21-20(22-7-8-25(17)21)23-10-15-3-6-18-19(9-15)28-13-27-18/h1-9,11,26H,10,12-13H2,(H,22,23). The summed E-state index contributed by atoms with van der Waals surface area (Å²) in [5, 5.41) is 12.6. The van der Waals surface area contributed by atoms with Gasteiger partial charge in [0.2, 0.25) is 6.79 Å². The Balaban J connectivity index is 1.42. The van der Waals surface area contributed by atoms with Gasteiger partial charge in [-0.1, -0.05) is 30.3 Å². The van der Waals surface area contributed by atoms with Gasteiger partial charge in [-0.25, -0.2) is 9.97 Å². The van der Waals surface area contributed by atoms with Gasteiger partial charge in [-0.05, 0) is 23.3 Å². The van der Waals surface area contributed by atoms with Crippen LogP contribution < -0.4 is 14.8 Å². The number of fused-ring (bicyclic) bond motifs is 2. The monoisotopic (exact) mass is 374 g/mol. The van der Waals surface area contributed by atoms with E-state index in [1.54, 1.807) is 6.20 Å². The summed E-state index contributed by atoms with van der Waals surface area (Å²) in [5.41, 5.74) is 4.69. The third-order valence-corrected chi connectivity index (χ3v) is 4.76. The number of nitrogens with one attached hydrogen (secondary N) is 1. The lowest BCUT2D eigenvalue weighted by atomic mass is 10.1. The third-order valence-electron chi connectivity index (χ3n) is 4.76. The van der Waals surface area contributed by atoms with E-state index in [9.17, 15) is 5.11 Å². The SMILES string of the molecule is OCc1ccc(-c2cnc3c(NCc4ccc5c(c4)OCO5)nccn23)cc1. The Morgan fingerprint density at radius 1 is 1.00 bits per heavy atom. The lowest BCUT2D eigenvalue weighted by Gasteiger charge is -2.09. The summed E-state index contributed by atoms with van der Waals surface area (Å²) in [7, 11) is 0.